The molecule has 2 aromatic rings. The van der Waals surface area contributed by atoms with Crippen LogP contribution < -0.4 is 4.74 Å². The Hall–Kier alpha value is -2.83. The summed E-state index contributed by atoms with van der Waals surface area (Å²) in [6.45, 7) is 7.64. The Morgan fingerprint density at radius 3 is 2.29 bits per heavy atom. The zero-order valence-electron chi connectivity index (χ0n) is 19.0. The Bertz CT molecular complexity index is 879. The third-order valence-electron chi connectivity index (χ3n) is 6.06. The number of esters is 1. The Balaban J connectivity index is 1.84. The maximum absolute atomic E-state index is 12.7. The number of amides is 1. The second-order valence-corrected chi connectivity index (χ2v) is 7.88. The van der Waals surface area contributed by atoms with E-state index >= 15 is 0 Å². The zero-order chi connectivity index (χ0) is 22.4. The first kappa shape index (κ1) is 22.8. The van der Waals surface area contributed by atoms with Crippen molar-refractivity contribution in [1.82, 2.24) is 14.7 Å². The number of piperidine rings is 1. The molecule has 0 spiro atoms. The fourth-order valence-electron chi connectivity index (χ4n) is 4.18. The molecule has 0 unspecified atom stereocenters. The quantitative estimate of drug-likeness (QED) is 0.586. The Labute approximate surface area is 184 Å². The smallest absolute Gasteiger partial charge is 0.358 e. The van der Waals surface area contributed by atoms with Crippen LogP contribution >= 0.6 is 0 Å². The van der Waals surface area contributed by atoms with Crippen LogP contribution in [-0.4, -0.2) is 53.4 Å². The van der Waals surface area contributed by atoms with Crippen molar-refractivity contribution >= 4 is 11.9 Å². The van der Waals surface area contributed by atoms with E-state index in [0.717, 1.165) is 42.7 Å². The van der Waals surface area contributed by atoms with E-state index in [1.165, 1.54) is 0 Å². The highest BCUT2D eigenvalue weighted by molar-refractivity contribution is 5.88. The second-order valence-electron chi connectivity index (χ2n) is 7.88. The molecule has 2 heterocycles. The number of ether oxygens (including phenoxy) is 2. The number of hydrogen-bond acceptors (Lipinski definition) is 5. The van der Waals surface area contributed by atoms with Crippen molar-refractivity contribution in [3.8, 4) is 17.0 Å². The van der Waals surface area contributed by atoms with Crippen LogP contribution in [0.5, 0.6) is 5.75 Å². The summed E-state index contributed by atoms with van der Waals surface area (Å²) < 4.78 is 12.4. The molecule has 168 valence electrons. The van der Waals surface area contributed by atoms with Crippen LogP contribution in [0.4, 0.5) is 0 Å². The van der Waals surface area contributed by atoms with Crippen LogP contribution in [-0.2, 0) is 9.53 Å². The van der Waals surface area contributed by atoms with E-state index < -0.39 is 5.97 Å². The van der Waals surface area contributed by atoms with Crippen molar-refractivity contribution in [3.05, 3.63) is 36.0 Å². The molecule has 1 fully saturated rings. The summed E-state index contributed by atoms with van der Waals surface area (Å²) in [6.07, 6.45) is 3.36. The summed E-state index contributed by atoms with van der Waals surface area (Å²) in [5.41, 5.74) is 2.14. The van der Waals surface area contributed by atoms with Crippen LogP contribution in [0, 0.1) is 5.92 Å². The Morgan fingerprint density at radius 2 is 1.74 bits per heavy atom. The number of hydrogen-bond donors (Lipinski definition) is 0. The number of benzene rings is 1. The number of rotatable bonds is 8. The lowest BCUT2D eigenvalue weighted by Gasteiger charge is -2.34. The minimum absolute atomic E-state index is 0.103. The minimum Gasteiger partial charge on any atom is -0.497 e. The maximum Gasteiger partial charge on any atom is 0.358 e. The zero-order valence-corrected chi connectivity index (χ0v) is 19.0. The fraction of sp³-hybridized carbons (Fsp3) is 0.542. The van der Waals surface area contributed by atoms with Gasteiger partial charge in [0.25, 0.3) is 0 Å². The molecule has 0 radical (unpaired) electrons. The van der Waals surface area contributed by atoms with Gasteiger partial charge >= 0.3 is 5.97 Å². The van der Waals surface area contributed by atoms with Crippen molar-refractivity contribution in [1.29, 1.82) is 0 Å². The highest BCUT2D eigenvalue weighted by Gasteiger charge is 2.29. The van der Waals surface area contributed by atoms with Crippen molar-refractivity contribution in [2.24, 2.45) is 5.92 Å². The Kier molecular flexibility index (Phi) is 7.71. The van der Waals surface area contributed by atoms with Gasteiger partial charge in [-0.1, -0.05) is 13.8 Å². The van der Waals surface area contributed by atoms with Crippen LogP contribution in [0.25, 0.3) is 11.3 Å². The van der Waals surface area contributed by atoms with Gasteiger partial charge in [-0.15, -0.1) is 0 Å². The summed E-state index contributed by atoms with van der Waals surface area (Å²) in [7, 11) is 1.63. The standard InChI is InChI=1S/C24H33N3O4/c1-5-17(6-2)23(28)26-14-12-19(13-15-26)27-22(16-21(25-27)24(29)31-7-3)18-8-10-20(30-4)11-9-18/h8-11,16-17,19H,5-7,12-15H2,1-4H3. The van der Waals surface area contributed by atoms with Gasteiger partial charge in [-0.2, -0.15) is 5.10 Å². The molecule has 7 heteroatoms. The molecule has 7 nitrogen and oxygen atoms in total. The van der Waals surface area contributed by atoms with Gasteiger partial charge in [-0.05, 0) is 62.9 Å². The normalized spacial score (nSPS) is 14.7. The number of aromatic nitrogens is 2. The van der Waals surface area contributed by atoms with Gasteiger partial charge in [0.05, 0.1) is 25.5 Å². The van der Waals surface area contributed by atoms with E-state index in [4.69, 9.17) is 9.47 Å². The average molecular weight is 428 g/mol. The summed E-state index contributed by atoms with van der Waals surface area (Å²) in [5.74, 6) is 0.712. The van der Waals surface area contributed by atoms with Crippen molar-refractivity contribution in [2.45, 2.75) is 52.5 Å². The molecule has 0 saturated carbocycles. The van der Waals surface area contributed by atoms with Crippen LogP contribution in [0.3, 0.4) is 0 Å². The molecule has 0 bridgehead atoms. The topological polar surface area (TPSA) is 73.7 Å². The van der Waals surface area contributed by atoms with E-state index in [-0.39, 0.29) is 17.9 Å². The summed E-state index contributed by atoms with van der Waals surface area (Å²) in [4.78, 5) is 27.1. The van der Waals surface area contributed by atoms with Gasteiger partial charge < -0.3 is 14.4 Å². The monoisotopic (exact) mass is 427 g/mol. The first-order chi connectivity index (χ1) is 15.0. The van der Waals surface area contributed by atoms with E-state index in [2.05, 4.69) is 18.9 Å². The molecule has 1 aromatic carbocycles. The van der Waals surface area contributed by atoms with Gasteiger partial charge in [-0.25, -0.2) is 4.79 Å². The van der Waals surface area contributed by atoms with Crippen LogP contribution in [0.1, 0.15) is 63.0 Å². The molecular weight excluding hydrogens is 394 g/mol. The molecular formula is C24H33N3O4. The molecule has 1 aliphatic rings. The van der Waals surface area contributed by atoms with Crippen molar-refractivity contribution in [3.63, 3.8) is 0 Å². The van der Waals surface area contributed by atoms with E-state index in [1.54, 1.807) is 20.1 Å². The summed E-state index contributed by atoms with van der Waals surface area (Å²) in [5, 5.41) is 4.62. The fourth-order valence-corrected chi connectivity index (χ4v) is 4.18. The molecule has 1 amide bonds. The number of carbonyl (C=O) groups is 2. The number of nitrogens with zero attached hydrogens (tertiary/aromatic N) is 3. The number of methoxy groups -OCH3 is 1. The molecule has 1 saturated heterocycles. The van der Waals surface area contributed by atoms with E-state index in [1.807, 2.05) is 33.8 Å². The van der Waals surface area contributed by atoms with Gasteiger partial charge in [0.2, 0.25) is 5.91 Å². The first-order valence-electron chi connectivity index (χ1n) is 11.2. The lowest BCUT2D eigenvalue weighted by Crippen LogP contribution is -2.42. The maximum atomic E-state index is 12.7. The van der Waals surface area contributed by atoms with E-state index in [9.17, 15) is 9.59 Å². The van der Waals surface area contributed by atoms with Gasteiger partial charge in [0, 0.05) is 24.6 Å². The second kappa shape index (κ2) is 10.5. The van der Waals surface area contributed by atoms with E-state index in [0.29, 0.717) is 25.4 Å². The number of carbonyl (C=O) groups excluding carboxylic acids is 2. The van der Waals surface area contributed by atoms with Crippen LogP contribution in [0.15, 0.2) is 30.3 Å². The predicted molar refractivity (Wildman–Crippen MR) is 119 cm³/mol. The molecule has 1 aliphatic heterocycles. The molecule has 0 atom stereocenters. The van der Waals surface area contributed by atoms with Gasteiger partial charge in [-0.3, -0.25) is 9.48 Å². The minimum atomic E-state index is -0.419. The SMILES string of the molecule is CCOC(=O)c1cc(-c2ccc(OC)cc2)n(C2CCN(C(=O)C(CC)CC)CC2)n1. The first-order valence-corrected chi connectivity index (χ1v) is 11.2. The third-order valence-corrected chi connectivity index (χ3v) is 6.06. The lowest BCUT2D eigenvalue weighted by molar-refractivity contribution is -0.137. The molecule has 1 aromatic heterocycles. The van der Waals surface area contributed by atoms with Crippen LogP contribution in [0.2, 0.25) is 0 Å². The van der Waals surface area contributed by atoms with Crippen molar-refractivity contribution in [2.75, 3.05) is 26.8 Å². The Morgan fingerprint density at radius 1 is 1.10 bits per heavy atom. The molecule has 31 heavy (non-hydrogen) atoms. The highest BCUT2D eigenvalue weighted by atomic mass is 16.5. The molecule has 0 N–H and O–H groups in total. The number of likely N-dealkylation sites (tertiary alicyclic amines) is 1. The molecule has 3 rings (SSSR count). The summed E-state index contributed by atoms with van der Waals surface area (Å²) >= 11 is 0. The van der Waals surface area contributed by atoms with Gasteiger partial charge in [0.1, 0.15) is 5.75 Å². The average Bonchev–Trinajstić information content (AvgIpc) is 3.26. The summed E-state index contributed by atoms with van der Waals surface area (Å²) in [6, 6.07) is 9.63. The predicted octanol–water partition coefficient (Wildman–Crippen LogP) is 4.34. The van der Waals surface area contributed by atoms with Gasteiger partial charge in [0.15, 0.2) is 5.69 Å². The molecule has 0 aliphatic carbocycles. The third kappa shape index (κ3) is 5.09. The van der Waals surface area contributed by atoms with Crippen molar-refractivity contribution < 1.29 is 19.1 Å². The largest absolute Gasteiger partial charge is 0.497 e. The highest BCUT2D eigenvalue weighted by Crippen LogP contribution is 2.31. The lowest BCUT2D eigenvalue weighted by atomic mass is 9.98.